The van der Waals surface area contributed by atoms with E-state index in [4.69, 9.17) is 10.4 Å². The molecule has 10 heteroatoms. The molecule has 0 aliphatic rings. The highest BCUT2D eigenvalue weighted by atomic mass is 32.2. The van der Waals surface area contributed by atoms with Crippen molar-refractivity contribution in [1.82, 2.24) is 19.7 Å². The van der Waals surface area contributed by atoms with Crippen LogP contribution in [0.2, 0.25) is 0 Å². The van der Waals surface area contributed by atoms with Crippen molar-refractivity contribution in [1.29, 1.82) is 5.26 Å². The number of benzene rings is 2. The summed E-state index contributed by atoms with van der Waals surface area (Å²) in [6.07, 6.45) is 2.37. The van der Waals surface area contributed by atoms with Crippen molar-refractivity contribution in [2.45, 2.75) is 37.5 Å². The topological polar surface area (TPSA) is 135 Å². The summed E-state index contributed by atoms with van der Waals surface area (Å²) in [5.41, 5.74) is 1.54. The summed E-state index contributed by atoms with van der Waals surface area (Å²) in [6, 6.07) is 17.6. The van der Waals surface area contributed by atoms with Gasteiger partial charge in [0.2, 0.25) is 15.8 Å². The average molecular weight is 467 g/mol. The smallest absolute Gasteiger partial charge is 0.293 e. The molecule has 9 nitrogen and oxygen atoms in total. The largest absolute Gasteiger partial charge is 0.335 e. The first-order valence-corrected chi connectivity index (χ1v) is 12.2. The number of hydrogen-bond donors (Lipinski definition) is 1. The molecule has 2 N–H and O–H groups in total. The maximum absolute atomic E-state index is 13.2. The molecule has 0 fully saturated rings. The summed E-state index contributed by atoms with van der Waals surface area (Å²) >= 11 is 0. The minimum Gasteiger partial charge on any atom is -0.335 e. The second-order valence-electron chi connectivity index (χ2n) is 7.52. The maximum atomic E-state index is 13.2. The van der Waals surface area contributed by atoms with E-state index in [0.717, 1.165) is 18.4 Å². The number of carbonyl (C=O) groups excluding carboxylic acids is 1. The molecular formula is C23H26N6O3S. The van der Waals surface area contributed by atoms with Crippen molar-refractivity contribution in [3.8, 4) is 11.8 Å². The van der Waals surface area contributed by atoms with Crippen molar-refractivity contribution < 1.29 is 13.2 Å². The Morgan fingerprint density at radius 3 is 2.42 bits per heavy atom. The third-order valence-corrected chi connectivity index (χ3v) is 5.97. The zero-order chi connectivity index (χ0) is 23.8. The number of nitriles is 1. The van der Waals surface area contributed by atoms with Gasteiger partial charge in [-0.3, -0.25) is 4.79 Å². The number of unbranched alkanes of at least 4 members (excludes halogenated alkanes) is 1. The molecule has 0 atom stereocenters. The van der Waals surface area contributed by atoms with E-state index in [-0.39, 0.29) is 23.0 Å². The zero-order valence-electron chi connectivity index (χ0n) is 18.4. The maximum Gasteiger partial charge on any atom is 0.293 e. The number of primary sulfonamides is 1. The molecular weight excluding hydrogens is 440 g/mol. The van der Waals surface area contributed by atoms with Crippen LogP contribution < -0.4 is 5.14 Å². The third-order valence-electron chi connectivity index (χ3n) is 5.04. The van der Waals surface area contributed by atoms with E-state index in [2.05, 4.69) is 16.2 Å². The van der Waals surface area contributed by atoms with Gasteiger partial charge in [0, 0.05) is 19.5 Å². The van der Waals surface area contributed by atoms with Gasteiger partial charge in [-0.05, 0) is 36.2 Å². The van der Waals surface area contributed by atoms with Crippen molar-refractivity contribution in [2.24, 2.45) is 5.14 Å². The van der Waals surface area contributed by atoms with Gasteiger partial charge in [-0.2, -0.15) is 5.26 Å². The molecule has 2 aromatic carbocycles. The summed E-state index contributed by atoms with van der Waals surface area (Å²) in [6.45, 7) is 2.85. The molecule has 3 aromatic rings. The van der Waals surface area contributed by atoms with Crippen LogP contribution >= 0.6 is 0 Å². The van der Waals surface area contributed by atoms with Crippen LogP contribution in [0.25, 0.3) is 5.69 Å². The van der Waals surface area contributed by atoms with E-state index in [0.29, 0.717) is 31.0 Å². The van der Waals surface area contributed by atoms with Crippen LogP contribution in [0.3, 0.4) is 0 Å². The van der Waals surface area contributed by atoms with Gasteiger partial charge in [-0.15, -0.1) is 5.10 Å². The highest BCUT2D eigenvalue weighted by Gasteiger charge is 2.23. The van der Waals surface area contributed by atoms with Gasteiger partial charge in [-0.25, -0.2) is 23.2 Å². The van der Waals surface area contributed by atoms with E-state index in [9.17, 15) is 13.2 Å². The first kappa shape index (κ1) is 24.1. The van der Waals surface area contributed by atoms with E-state index in [1.165, 1.54) is 16.8 Å². The highest BCUT2D eigenvalue weighted by molar-refractivity contribution is 7.89. The summed E-state index contributed by atoms with van der Waals surface area (Å²) in [4.78, 5) is 19.3. The zero-order valence-corrected chi connectivity index (χ0v) is 19.2. The van der Waals surface area contributed by atoms with Crippen molar-refractivity contribution in [3.63, 3.8) is 0 Å². The number of hydrogen-bond acceptors (Lipinski definition) is 6. The predicted octanol–water partition coefficient (Wildman–Crippen LogP) is 2.66. The molecule has 0 unspecified atom stereocenters. The van der Waals surface area contributed by atoms with Crippen molar-refractivity contribution in [2.75, 3.05) is 13.1 Å². The van der Waals surface area contributed by atoms with Crippen molar-refractivity contribution in [3.05, 3.63) is 71.8 Å². The standard InChI is InChI=1S/C23H26N6O3S/c1-2-3-15-28(16-7-14-24)23(30)22-26-21(17-18-8-5-4-6-9-18)29(27-22)19-10-12-20(13-11-19)33(25,31)32/h4-6,8-13H,2-3,7,15-17H2,1H3,(H2,25,31,32). The SMILES string of the molecule is CCCCN(CCC#N)C(=O)c1nc(Cc2ccccc2)n(-c2ccc(S(N)(=O)=O)cc2)n1. The molecule has 33 heavy (non-hydrogen) atoms. The van der Waals surface area contributed by atoms with E-state index < -0.39 is 10.0 Å². The minimum absolute atomic E-state index is 0.0190. The Morgan fingerprint density at radius 1 is 1.12 bits per heavy atom. The molecule has 0 saturated carbocycles. The second-order valence-corrected chi connectivity index (χ2v) is 9.08. The first-order chi connectivity index (χ1) is 15.8. The van der Waals surface area contributed by atoms with Gasteiger partial charge < -0.3 is 4.90 Å². The van der Waals surface area contributed by atoms with Gasteiger partial charge in [0.1, 0.15) is 5.82 Å². The number of sulfonamides is 1. The highest BCUT2D eigenvalue weighted by Crippen LogP contribution is 2.17. The molecule has 1 heterocycles. The Bertz CT molecular complexity index is 1230. The fraction of sp³-hybridized carbons (Fsp3) is 0.304. The fourth-order valence-electron chi connectivity index (χ4n) is 3.30. The Morgan fingerprint density at radius 2 is 1.82 bits per heavy atom. The number of aromatic nitrogens is 3. The van der Waals surface area contributed by atoms with Crippen LogP contribution in [-0.4, -0.2) is 47.1 Å². The van der Waals surface area contributed by atoms with Crippen LogP contribution in [0.15, 0.2) is 59.5 Å². The van der Waals surface area contributed by atoms with Crippen LogP contribution in [0, 0.1) is 11.3 Å². The van der Waals surface area contributed by atoms with Crippen LogP contribution in [-0.2, 0) is 16.4 Å². The molecule has 0 saturated heterocycles. The lowest BCUT2D eigenvalue weighted by Gasteiger charge is -2.19. The Hall–Kier alpha value is -3.55. The number of amides is 1. The summed E-state index contributed by atoms with van der Waals surface area (Å²) < 4.78 is 24.7. The molecule has 0 spiro atoms. The van der Waals surface area contributed by atoms with E-state index >= 15 is 0 Å². The normalized spacial score (nSPS) is 11.2. The van der Waals surface area contributed by atoms with Crippen LogP contribution in [0.1, 0.15) is 48.2 Å². The number of carbonyl (C=O) groups is 1. The minimum atomic E-state index is -3.83. The van der Waals surface area contributed by atoms with Gasteiger partial charge in [0.05, 0.1) is 23.1 Å². The average Bonchev–Trinajstić information content (AvgIpc) is 3.22. The van der Waals surface area contributed by atoms with Gasteiger partial charge in [-0.1, -0.05) is 43.7 Å². The van der Waals surface area contributed by atoms with Crippen molar-refractivity contribution >= 4 is 15.9 Å². The molecule has 172 valence electrons. The molecule has 0 aliphatic carbocycles. The summed E-state index contributed by atoms with van der Waals surface area (Å²) in [7, 11) is -3.83. The third kappa shape index (κ3) is 6.25. The molecule has 0 bridgehead atoms. The number of nitrogens with two attached hydrogens (primary N) is 1. The molecule has 0 aliphatic heterocycles. The predicted molar refractivity (Wildman–Crippen MR) is 123 cm³/mol. The molecule has 0 radical (unpaired) electrons. The van der Waals surface area contributed by atoms with Crippen LogP contribution in [0.4, 0.5) is 0 Å². The Labute approximate surface area is 193 Å². The first-order valence-electron chi connectivity index (χ1n) is 10.6. The van der Waals surface area contributed by atoms with Gasteiger partial charge >= 0.3 is 0 Å². The summed E-state index contributed by atoms with van der Waals surface area (Å²) in [5.74, 6) is 0.224. The summed E-state index contributed by atoms with van der Waals surface area (Å²) in [5, 5.41) is 18.6. The molecule has 1 aromatic heterocycles. The Balaban J connectivity index is 2.00. The van der Waals surface area contributed by atoms with E-state index in [1.54, 1.807) is 17.0 Å². The van der Waals surface area contributed by atoms with Gasteiger partial charge in [0.25, 0.3) is 5.91 Å². The van der Waals surface area contributed by atoms with E-state index in [1.807, 2.05) is 37.3 Å². The fourth-order valence-corrected chi connectivity index (χ4v) is 3.82. The Kier molecular flexibility index (Phi) is 7.92. The number of rotatable bonds is 10. The quantitative estimate of drug-likeness (QED) is 0.488. The lowest BCUT2D eigenvalue weighted by molar-refractivity contribution is 0.0744. The molecule has 3 rings (SSSR count). The number of nitrogens with zero attached hydrogens (tertiary/aromatic N) is 5. The van der Waals surface area contributed by atoms with Crippen LogP contribution in [0.5, 0.6) is 0 Å². The van der Waals surface area contributed by atoms with Gasteiger partial charge in [0.15, 0.2) is 0 Å². The lowest BCUT2D eigenvalue weighted by atomic mass is 10.1. The second kappa shape index (κ2) is 10.8. The lowest BCUT2D eigenvalue weighted by Crippen LogP contribution is -2.33. The molecule has 1 amide bonds. The monoisotopic (exact) mass is 466 g/mol.